The average Bonchev–Trinajstić information content (AvgIpc) is 2.48. The Hall–Kier alpha value is -2.89. The van der Waals surface area contributed by atoms with Crippen LogP contribution in [0.1, 0.15) is 35.5 Å². The maximum absolute atomic E-state index is 12.3. The van der Waals surface area contributed by atoms with Crippen LogP contribution in [0, 0.1) is 6.92 Å². The summed E-state index contributed by atoms with van der Waals surface area (Å²) >= 11 is 0. The number of nitrogens with one attached hydrogen (secondary N) is 2. The van der Waals surface area contributed by atoms with E-state index in [9.17, 15) is 14.7 Å². The van der Waals surface area contributed by atoms with Gasteiger partial charge < -0.3 is 15.7 Å². The third-order valence-electron chi connectivity index (χ3n) is 3.56. The molecule has 0 fully saturated rings. The first-order chi connectivity index (χ1) is 11.4. The second kappa shape index (κ2) is 7.59. The van der Waals surface area contributed by atoms with Gasteiger partial charge in [0, 0.05) is 43.0 Å². The highest BCUT2D eigenvalue weighted by atomic mass is 16.3. The highest BCUT2D eigenvalue weighted by Gasteiger charge is 2.15. The Morgan fingerprint density at radius 3 is 2.67 bits per heavy atom. The van der Waals surface area contributed by atoms with Crippen LogP contribution in [0.5, 0.6) is 5.75 Å². The third-order valence-corrected chi connectivity index (χ3v) is 3.56. The van der Waals surface area contributed by atoms with Crippen LogP contribution >= 0.6 is 0 Å². The first-order valence-corrected chi connectivity index (χ1v) is 7.68. The van der Waals surface area contributed by atoms with Crippen molar-refractivity contribution in [2.75, 3.05) is 5.32 Å². The summed E-state index contributed by atoms with van der Waals surface area (Å²) in [5.41, 5.74) is 2.60. The summed E-state index contributed by atoms with van der Waals surface area (Å²) in [4.78, 5) is 27.6. The zero-order valence-corrected chi connectivity index (χ0v) is 14.0. The molecule has 1 heterocycles. The number of carbonyl (C=O) groups excluding carboxylic acids is 2. The monoisotopic (exact) mass is 327 g/mol. The maximum Gasteiger partial charge on any atom is 0.255 e. The molecule has 0 aliphatic rings. The number of phenolic OH excluding ortho intramolecular Hbond substituents is 1. The molecule has 24 heavy (non-hydrogen) atoms. The number of pyridine rings is 1. The molecule has 0 radical (unpaired) electrons. The minimum atomic E-state index is -0.372. The quantitative estimate of drug-likeness (QED) is 0.786. The standard InChI is InChI=1S/C18H21N3O3/c1-11-5-4-8-19-16(11)9-12(2)20-18(24)15-7-6-14(10-17(15)23)21-13(3)22/h4-8,10,12,23H,9H2,1-3H3,(H,20,24)(H,21,22). The molecule has 1 aromatic carbocycles. The Balaban J connectivity index is 2.04. The van der Waals surface area contributed by atoms with Crippen molar-refractivity contribution in [3.63, 3.8) is 0 Å². The van der Waals surface area contributed by atoms with E-state index in [2.05, 4.69) is 15.6 Å². The number of aryl methyl sites for hydroxylation is 1. The van der Waals surface area contributed by atoms with E-state index in [1.165, 1.54) is 19.1 Å². The molecule has 0 saturated heterocycles. The summed E-state index contributed by atoms with van der Waals surface area (Å²) in [6.07, 6.45) is 2.33. The predicted molar refractivity (Wildman–Crippen MR) is 92.0 cm³/mol. The lowest BCUT2D eigenvalue weighted by atomic mass is 10.1. The van der Waals surface area contributed by atoms with E-state index >= 15 is 0 Å². The Morgan fingerprint density at radius 1 is 1.29 bits per heavy atom. The molecule has 1 atom stereocenters. The van der Waals surface area contributed by atoms with Crippen LogP contribution in [-0.2, 0) is 11.2 Å². The van der Waals surface area contributed by atoms with Gasteiger partial charge in [0.2, 0.25) is 5.91 Å². The van der Waals surface area contributed by atoms with Gasteiger partial charge >= 0.3 is 0 Å². The number of benzene rings is 1. The van der Waals surface area contributed by atoms with Crippen LogP contribution in [-0.4, -0.2) is 27.9 Å². The highest BCUT2D eigenvalue weighted by molar-refractivity contribution is 5.98. The Morgan fingerprint density at radius 2 is 2.04 bits per heavy atom. The second-order valence-electron chi connectivity index (χ2n) is 5.76. The van der Waals surface area contributed by atoms with E-state index in [4.69, 9.17) is 0 Å². The summed E-state index contributed by atoms with van der Waals surface area (Å²) in [5, 5.41) is 15.4. The maximum atomic E-state index is 12.3. The van der Waals surface area contributed by atoms with Gasteiger partial charge in [-0.05, 0) is 37.6 Å². The number of hydrogen-bond acceptors (Lipinski definition) is 4. The van der Waals surface area contributed by atoms with Crippen LogP contribution in [0.2, 0.25) is 0 Å². The number of phenols is 1. The van der Waals surface area contributed by atoms with E-state index in [0.29, 0.717) is 12.1 Å². The van der Waals surface area contributed by atoms with Crippen LogP contribution in [0.15, 0.2) is 36.5 Å². The van der Waals surface area contributed by atoms with Gasteiger partial charge in [0.1, 0.15) is 5.75 Å². The van der Waals surface area contributed by atoms with Gasteiger partial charge in [-0.3, -0.25) is 14.6 Å². The molecule has 3 N–H and O–H groups in total. The smallest absolute Gasteiger partial charge is 0.255 e. The Labute approximate surface area is 140 Å². The number of nitrogens with zero attached hydrogens (tertiary/aromatic N) is 1. The summed E-state index contributed by atoms with van der Waals surface area (Å²) in [5.74, 6) is -0.797. The normalized spacial score (nSPS) is 11.6. The van der Waals surface area contributed by atoms with Crippen LogP contribution in [0.3, 0.4) is 0 Å². The lowest BCUT2D eigenvalue weighted by Gasteiger charge is -2.15. The lowest BCUT2D eigenvalue weighted by Crippen LogP contribution is -2.34. The molecule has 1 aromatic heterocycles. The van der Waals surface area contributed by atoms with Gasteiger partial charge in [-0.2, -0.15) is 0 Å². The van der Waals surface area contributed by atoms with Gasteiger partial charge in [0.05, 0.1) is 5.56 Å². The zero-order valence-electron chi connectivity index (χ0n) is 14.0. The fourth-order valence-electron chi connectivity index (χ4n) is 2.38. The van der Waals surface area contributed by atoms with Crippen LogP contribution in [0.4, 0.5) is 5.69 Å². The van der Waals surface area contributed by atoms with Crippen molar-refractivity contribution in [3.8, 4) is 5.75 Å². The van der Waals surface area contributed by atoms with Crippen LogP contribution in [0.25, 0.3) is 0 Å². The molecule has 2 rings (SSSR count). The molecule has 2 amide bonds. The molecule has 0 spiro atoms. The summed E-state index contributed by atoms with van der Waals surface area (Å²) in [6.45, 7) is 5.23. The number of carbonyl (C=O) groups is 2. The molecule has 0 aliphatic heterocycles. The molecule has 6 nitrogen and oxygen atoms in total. The van der Waals surface area contributed by atoms with E-state index in [1.54, 1.807) is 12.3 Å². The summed E-state index contributed by atoms with van der Waals surface area (Å²) in [6, 6.07) is 8.11. The molecular weight excluding hydrogens is 306 g/mol. The average molecular weight is 327 g/mol. The van der Waals surface area contributed by atoms with Crippen molar-refractivity contribution in [2.45, 2.75) is 33.2 Å². The molecule has 2 aromatic rings. The molecular formula is C18H21N3O3. The summed E-state index contributed by atoms with van der Waals surface area (Å²) < 4.78 is 0. The lowest BCUT2D eigenvalue weighted by molar-refractivity contribution is -0.114. The minimum Gasteiger partial charge on any atom is -0.507 e. The molecule has 0 aliphatic carbocycles. The predicted octanol–water partition coefficient (Wildman–Crippen LogP) is 2.42. The first kappa shape index (κ1) is 17.5. The highest BCUT2D eigenvalue weighted by Crippen LogP contribution is 2.22. The molecule has 0 saturated carbocycles. The molecule has 6 heteroatoms. The van der Waals surface area contributed by atoms with E-state index < -0.39 is 0 Å². The zero-order chi connectivity index (χ0) is 17.7. The largest absolute Gasteiger partial charge is 0.507 e. The van der Waals surface area contributed by atoms with Gasteiger partial charge in [-0.1, -0.05) is 6.07 Å². The number of rotatable bonds is 5. The van der Waals surface area contributed by atoms with E-state index in [1.807, 2.05) is 26.0 Å². The number of aromatic hydroxyl groups is 1. The summed E-state index contributed by atoms with van der Waals surface area (Å²) in [7, 11) is 0. The topological polar surface area (TPSA) is 91.3 Å². The van der Waals surface area contributed by atoms with Crippen molar-refractivity contribution in [3.05, 3.63) is 53.3 Å². The van der Waals surface area contributed by atoms with Gasteiger partial charge in [0.25, 0.3) is 5.91 Å². The number of anilines is 1. The van der Waals surface area contributed by atoms with Crippen molar-refractivity contribution in [1.82, 2.24) is 10.3 Å². The molecule has 1 unspecified atom stereocenters. The fourth-order valence-corrected chi connectivity index (χ4v) is 2.38. The number of hydrogen-bond donors (Lipinski definition) is 3. The van der Waals surface area contributed by atoms with Crippen molar-refractivity contribution in [1.29, 1.82) is 0 Å². The van der Waals surface area contributed by atoms with Gasteiger partial charge in [-0.15, -0.1) is 0 Å². The van der Waals surface area contributed by atoms with Crippen molar-refractivity contribution in [2.24, 2.45) is 0 Å². The SMILES string of the molecule is CC(=O)Nc1ccc(C(=O)NC(C)Cc2ncccc2C)c(O)c1. The van der Waals surface area contributed by atoms with Crippen molar-refractivity contribution < 1.29 is 14.7 Å². The fraction of sp³-hybridized carbons (Fsp3) is 0.278. The van der Waals surface area contributed by atoms with Crippen LogP contribution < -0.4 is 10.6 Å². The van der Waals surface area contributed by atoms with E-state index in [0.717, 1.165) is 11.3 Å². The third kappa shape index (κ3) is 4.55. The molecule has 0 bridgehead atoms. The number of amides is 2. The minimum absolute atomic E-state index is 0.138. The first-order valence-electron chi connectivity index (χ1n) is 7.68. The van der Waals surface area contributed by atoms with Gasteiger partial charge in [0.15, 0.2) is 0 Å². The Kier molecular flexibility index (Phi) is 5.52. The van der Waals surface area contributed by atoms with E-state index in [-0.39, 0.29) is 29.2 Å². The number of aromatic nitrogens is 1. The second-order valence-corrected chi connectivity index (χ2v) is 5.76. The Bertz CT molecular complexity index is 759. The van der Waals surface area contributed by atoms with Gasteiger partial charge in [-0.25, -0.2) is 0 Å². The van der Waals surface area contributed by atoms with Crippen molar-refractivity contribution >= 4 is 17.5 Å². The molecule has 126 valence electrons.